The van der Waals surface area contributed by atoms with Crippen LogP contribution < -0.4 is 16.4 Å². The molecule has 0 bridgehead atoms. The van der Waals surface area contributed by atoms with Crippen LogP contribution in [0.5, 0.6) is 0 Å². The second-order valence-electron chi connectivity index (χ2n) is 4.91. The molecule has 2 N–H and O–H groups in total. The Kier molecular flexibility index (Phi) is 3.14. The fourth-order valence-corrected chi connectivity index (χ4v) is 2.39. The lowest BCUT2D eigenvalue weighted by Gasteiger charge is -2.12. The maximum Gasteiger partial charge on any atom is 0.266 e. The summed E-state index contributed by atoms with van der Waals surface area (Å²) < 4.78 is 1.36. The van der Waals surface area contributed by atoms with Crippen LogP contribution in [0, 0.1) is 6.92 Å². The van der Waals surface area contributed by atoms with Gasteiger partial charge in [0.05, 0.1) is 22.6 Å². The SMILES string of the molecule is Cc1nc2ccc(N)cc2c(=O)n1-c1cccc(C(=O)[O-])c1. The Hall–Kier alpha value is -3.15. The molecular weight excluding hydrogens is 282 g/mol. The van der Waals surface area contributed by atoms with Crippen molar-refractivity contribution >= 4 is 22.6 Å². The van der Waals surface area contributed by atoms with Crippen molar-refractivity contribution in [3.63, 3.8) is 0 Å². The van der Waals surface area contributed by atoms with Crippen molar-refractivity contribution in [2.45, 2.75) is 6.92 Å². The van der Waals surface area contributed by atoms with E-state index in [0.717, 1.165) is 0 Å². The van der Waals surface area contributed by atoms with E-state index in [4.69, 9.17) is 5.73 Å². The number of rotatable bonds is 2. The van der Waals surface area contributed by atoms with Gasteiger partial charge in [0.2, 0.25) is 0 Å². The first-order valence-electron chi connectivity index (χ1n) is 6.58. The molecule has 0 radical (unpaired) electrons. The van der Waals surface area contributed by atoms with E-state index in [1.165, 1.54) is 16.7 Å². The molecule has 0 saturated heterocycles. The molecule has 6 heteroatoms. The van der Waals surface area contributed by atoms with Gasteiger partial charge in [-0.25, -0.2) is 4.98 Å². The molecule has 3 rings (SSSR count). The van der Waals surface area contributed by atoms with Crippen LogP contribution >= 0.6 is 0 Å². The van der Waals surface area contributed by atoms with Crippen LogP contribution in [0.4, 0.5) is 5.69 Å². The molecule has 0 spiro atoms. The lowest BCUT2D eigenvalue weighted by molar-refractivity contribution is -0.255. The fraction of sp³-hybridized carbons (Fsp3) is 0.0625. The summed E-state index contributed by atoms with van der Waals surface area (Å²) in [5, 5.41) is 11.4. The van der Waals surface area contributed by atoms with Gasteiger partial charge in [-0.15, -0.1) is 0 Å². The molecular formula is C16H12N3O3-. The van der Waals surface area contributed by atoms with E-state index < -0.39 is 5.97 Å². The van der Waals surface area contributed by atoms with Crippen molar-refractivity contribution in [2.24, 2.45) is 0 Å². The van der Waals surface area contributed by atoms with Gasteiger partial charge in [-0.2, -0.15) is 0 Å². The first kappa shape index (κ1) is 13.8. The summed E-state index contributed by atoms with van der Waals surface area (Å²) in [6.07, 6.45) is 0. The van der Waals surface area contributed by atoms with Gasteiger partial charge in [0.1, 0.15) is 5.82 Å². The minimum Gasteiger partial charge on any atom is -0.545 e. The molecule has 0 aliphatic heterocycles. The number of aromatic carboxylic acids is 1. The number of anilines is 1. The highest BCUT2D eigenvalue weighted by atomic mass is 16.4. The van der Waals surface area contributed by atoms with Gasteiger partial charge in [0.25, 0.3) is 5.56 Å². The largest absolute Gasteiger partial charge is 0.545 e. The van der Waals surface area contributed by atoms with Crippen LogP contribution in [0.25, 0.3) is 16.6 Å². The van der Waals surface area contributed by atoms with E-state index in [0.29, 0.717) is 28.1 Å². The van der Waals surface area contributed by atoms with Crippen LogP contribution in [-0.2, 0) is 0 Å². The minimum absolute atomic E-state index is 0.00327. The number of nitrogens with two attached hydrogens (primary N) is 1. The number of aryl methyl sites for hydroxylation is 1. The molecule has 0 amide bonds. The van der Waals surface area contributed by atoms with E-state index >= 15 is 0 Å². The fourth-order valence-electron chi connectivity index (χ4n) is 2.39. The number of carbonyl (C=O) groups is 1. The lowest BCUT2D eigenvalue weighted by Crippen LogP contribution is -2.25. The van der Waals surface area contributed by atoms with E-state index in [1.54, 1.807) is 37.3 Å². The van der Waals surface area contributed by atoms with Gasteiger partial charge in [-0.1, -0.05) is 12.1 Å². The average molecular weight is 294 g/mol. The zero-order chi connectivity index (χ0) is 15.9. The van der Waals surface area contributed by atoms with Crippen LogP contribution in [0.2, 0.25) is 0 Å². The number of aromatic nitrogens is 2. The highest BCUT2D eigenvalue weighted by Crippen LogP contribution is 2.16. The molecule has 0 atom stereocenters. The summed E-state index contributed by atoms with van der Waals surface area (Å²) in [5.41, 5.74) is 6.84. The number of hydrogen-bond acceptors (Lipinski definition) is 5. The number of carboxylic acid groups (broad SMARTS) is 1. The summed E-state index contributed by atoms with van der Waals surface area (Å²) in [6.45, 7) is 1.68. The topological polar surface area (TPSA) is 101 Å². The Bertz CT molecular complexity index is 960. The van der Waals surface area contributed by atoms with Crippen LogP contribution in [0.1, 0.15) is 16.2 Å². The number of nitrogen functional groups attached to an aromatic ring is 1. The minimum atomic E-state index is -1.30. The van der Waals surface area contributed by atoms with Crippen molar-refractivity contribution in [2.75, 3.05) is 5.73 Å². The van der Waals surface area contributed by atoms with E-state index in [2.05, 4.69) is 4.98 Å². The number of carbonyl (C=O) groups excluding carboxylic acids is 1. The summed E-state index contributed by atoms with van der Waals surface area (Å²) in [4.78, 5) is 28.0. The van der Waals surface area contributed by atoms with Crippen LogP contribution in [-0.4, -0.2) is 15.5 Å². The third kappa shape index (κ3) is 2.20. The summed E-state index contributed by atoms with van der Waals surface area (Å²) >= 11 is 0. The zero-order valence-corrected chi connectivity index (χ0v) is 11.7. The highest BCUT2D eigenvalue weighted by Gasteiger charge is 2.10. The Balaban J connectivity index is 2.33. The number of carboxylic acids is 1. The summed E-state index contributed by atoms with van der Waals surface area (Å²) in [6, 6.07) is 10.9. The quantitative estimate of drug-likeness (QED) is 0.699. The zero-order valence-electron chi connectivity index (χ0n) is 11.7. The monoisotopic (exact) mass is 294 g/mol. The molecule has 2 aromatic carbocycles. The maximum absolute atomic E-state index is 12.7. The molecule has 0 aliphatic rings. The van der Waals surface area contributed by atoms with Crippen molar-refractivity contribution < 1.29 is 9.90 Å². The van der Waals surface area contributed by atoms with Crippen molar-refractivity contribution in [3.05, 3.63) is 64.2 Å². The lowest BCUT2D eigenvalue weighted by atomic mass is 10.2. The molecule has 6 nitrogen and oxygen atoms in total. The van der Waals surface area contributed by atoms with Gasteiger partial charge in [-0.05, 0) is 42.8 Å². The predicted molar refractivity (Wildman–Crippen MR) is 80.8 cm³/mol. The van der Waals surface area contributed by atoms with Crippen LogP contribution in [0.3, 0.4) is 0 Å². The number of benzene rings is 2. The normalized spacial score (nSPS) is 10.8. The Morgan fingerprint density at radius 1 is 1.23 bits per heavy atom. The van der Waals surface area contributed by atoms with Gasteiger partial charge in [-0.3, -0.25) is 9.36 Å². The number of nitrogens with zero attached hydrogens (tertiary/aromatic N) is 2. The van der Waals surface area contributed by atoms with Crippen molar-refractivity contribution in [1.29, 1.82) is 0 Å². The van der Waals surface area contributed by atoms with Crippen molar-refractivity contribution in [3.8, 4) is 5.69 Å². The highest BCUT2D eigenvalue weighted by molar-refractivity contribution is 5.86. The second kappa shape index (κ2) is 5.00. The van der Waals surface area contributed by atoms with E-state index in [9.17, 15) is 14.7 Å². The van der Waals surface area contributed by atoms with Gasteiger partial charge in [0, 0.05) is 5.69 Å². The molecule has 0 saturated carbocycles. The molecule has 3 aromatic rings. The first-order chi connectivity index (χ1) is 10.5. The molecule has 110 valence electrons. The summed E-state index contributed by atoms with van der Waals surface area (Å²) in [7, 11) is 0. The molecule has 0 fully saturated rings. The average Bonchev–Trinajstić information content (AvgIpc) is 2.48. The number of hydrogen-bond donors (Lipinski definition) is 1. The van der Waals surface area contributed by atoms with Crippen LogP contribution in [0.15, 0.2) is 47.3 Å². The Morgan fingerprint density at radius 3 is 2.73 bits per heavy atom. The van der Waals surface area contributed by atoms with Gasteiger partial charge in [0.15, 0.2) is 0 Å². The number of fused-ring (bicyclic) bond motifs is 1. The molecule has 22 heavy (non-hydrogen) atoms. The Labute approximate surface area is 125 Å². The van der Waals surface area contributed by atoms with Gasteiger partial charge < -0.3 is 15.6 Å². The van der Waals surface area contributed by atoms with Crippen molar-refractivity contribution in [1.82, 2.24) is 9.55 Å². The van der Waals surface area contributed by atoms with E-state index in [1.807, 2.05) is 0 Å². The summed E-state index contributed by atoms with van der Waals surface area (Å²) in [5.74, 6) is -0.844. The third-order valence-electron chi connectivity index (χ3n) is 3.40. The molecule has 1 aromatic heterocycles. The molecule has 0 unspecified atom stereocenters. The maximum atomic E-state index is 12.7. The van der Waals surface area contributed by atoms with E-state index in [-0.39, 0.29) is 11.1 Å². The second-order valence-corrected chi connectivity index (χ2v) is 4.91. The van der Waals surface area contributed by atoms with Gasteiger partial charge >= 0.3 is 0 Å². The predicted octanol–water partition coefficient (Wildman–Crippen LogP) is 0.640. The smallest absolute Gasteiger partial charge is 0.266 e. The molecule has 1 heterocycles. The Morgan fingerprint density at radius 2 is 2.00 bits per heavy atom. The standard InChI is InChI=1S/C16H13N3O3/c1-9-18-14-6-5-11(17)8-13(14)15(20)19(9)12-4-2-3-10(7-12)16(21)22/h2-8H,17H2,1H3,(H,21,22)/p-1. The molecule has 0 aliphatic carbocycles. The first-order valence-corrected chi connectivity index (χ1v) is 6.58. The third-order valence-corrected chi connectivity index (χ3v) is 3.40.